The summed E-state index contributed by atoms with van der Waals surface area (Å²) in [6.07, 6.45) is 0. The number of thiazole rings is 1. The second-order valence-corrected chi connectivity index (χ2v) is 6.64. The molecule has 1 amide bonds. The molecule has 0 saturated carbocycles. The summed E-state index contributed by atoms with van der Waals surface area (Å²) in [6.45, 7) is 2.00. The van der Waals surface area contributed by atoms with E-state index in [0.717, 1.165) is 15.8 Å². The van der Waals surface area contributed by atoms with Crippen molar-refractivity contribution in [2.45, 2.75) is 6.92 Å². The van der Waals surface area contributed by atoms with Crippen molar-refractivity contribution in [3.05, 3.63) is 63.7 Å². The number of aromatic nitrogens is 1. The summed E-state index contributed by atoms with van der Waals surface area (Å²) in [6, 6.07) is 11.2. The van der Waals surface area contributed by atoms with Crippen LogP contribution in [-0.4, -0.2) is 20.9 Å². The molecule has 0 radical (unpaired) electrons. The fourth-order valence-corrected chi connectivity index (χ4v) is 3.35. The molecule has 1 heterocycles. The van der Waals surface area contributed by atoms with Gasteiger partial charge in [-0.05, 0) is 49.0 Å². The number of hydrogen-bond acceptors (Lipinski definition) is 6. The molecule has 0 fully saturated rings. The number of thiocarbonyl (C=S) groups is 1. The molecule has 0 aliphatic rings. The Bertz CT molecular complexity index is 983. The number of rotatable bonds is 3. The van der Waals surface area contributed by atoms with Crippen molar-refractivity contribution in [2.75, 3.05) is 5.32 Å². The average molecular weight is 372 g/mol. The molecule has 0 spiro atoms. The van der Waals surface area contributed by atoms with Crippen LogP contribution in [0.4, 0.5) is 10.8 Å². The zero-order valence-corrected chi connectivity index (χ0v) is 14.6. The van der Waals surface area contributed by atoms with E-state index in [2.05, 4.69) is 15.6 Å². The van der Waals surface area contributed by atoms with Crippen LogP contribution in [0.2, 0.25) is 0 Å². The third-order valence-corrected chi connectivity index (χ3v) is 4.47. The van der Waals surface area contributed by atoms with Gasteiger partial charge in [0, 0.05) is 17.7 Å². The lowest BCUT2D eigenvalue weighted by Crippen LogP contribution is -2.34. The molecular formula is C16H12N4O3S2. The van der Waals surface area contributed by atoms with Crippen molar-refractivity contribution >= 4 is 55.6 Å². The monoisotopic (exact) mass is 372 g/mol. The molecule has 0 aliphatic carbocycles. The third-order valence-electron chi connectivity index (χ3n) is 3.33. The first-order valence-electron chi connectivity index (χ1n) is 7.16. The van der Waals surface area contributed by atoms with Gasteiger partial charge in [-0.25, -0.2) is 4.98 Å². The second-order valence-electron chi connectivity index (χ2n) is 5.20. The quantitative estimate of drug-likeness (QED) is 0.414. The normalized spacial score (nSPS) is 10.4. The maximum Gasteiger partial charge on any atom is 0.269 e. The van der Waals surface area contributed by atoms with E-state index in [1.165, 1.54) is 35.6 Å². The largest absolute Gasteiger partial charge is 0.308 e. The summed E-state index contributed by atoms with van der Waals surface area (Å²) in [5.74, 6) is -0.454. The summed E-state index contributed by atoms with van der Waals surface area (Å²) < 4.78 is 1.02. The first-order valence-corrected chi connectivity index (χ1v) is 8.39. The first kappa shape index (κ1) is 16.9. The molecule has 25 heavy (non-hydrogen) atoms. The van der Waals surface area contributed by atoms with E-state index in [0.29, 0.717) is 5.13 Å². The number of anilines is 1. The molecule has 0 unspecified atom stereocenters. The Labute approximate surface area is 151 Å². The number of hydrogen-bond donors (Lipinski definition) is 2. The number of non-ortho nitro benzene ring substituents is 1. The van der Waals surface area contributed by atoms with Crippen LogP contribution in [0.25, 0.3) is 10.2 Å². The van der Waals surface area contributed by atoms with Crippen LogP contribution >= 0.6 is 23.6 Å². The molecule has 0 aliphatic heterocycles. The van der Waals surface area contributed by atoms with Crippen molar-refractivity contribution in [3.8, 4) is 0 Å². The van der Waals surface area contributed by atoms with E-state index in [1.54, 1.807) is 0 Å². The smallest absolute Gasteiger partial charge is 0.269 e. The minimum atomic E-state index is -0.525. The number of nitrogens with one attached hydrogen (secondary N) is 2. The first-order chi connectivity index (χ1) is 11.9. The Kier molecular flexibility index (Phi) is 4.68. The Morgan fingerprint density at radius 1 is 1.24 bits per heavy atom. The fourth-order valence-electron chi connectivity index (χ4n) is 2.12. The molecule has 0 saturated heterocycles. The van der Waals surface area contributed by atoms with E-state index in [4.69, 9.17) is 12.2 Å². The van der Waals surface area contributed by atoms with Crippen molar-refractivity contribution in [2.24, 2.45) is 0 Å². The van der Waals surface area contributed by atoms with Crippen LogP contribution in [-0.2, 0) is 0 Å². The number of carbonyl (C=O) groups excluding carboxylic acids is 1. The molecular weight excluding hydrogens is 360 g/mol. The van der Waals surface area contributed by atoms with E-state index in [9.17, 15) is 14.9 Å². The van der Waals surface area contributed by atoms with Gasteiger partial charge in [-0.3, -0.25) is 20.2 Å². The van der Waals surface area contributed by atoms with Gasteiger partial charge in [0.25, 0.3) is 11.6 Å². The van der Waals surface area contributed by atoms with E-state index in [1.807, 2.05) is 25.1 Å². The number of benzene rings is 2. The standard InChI is InChI=1S/C16H12N4O3S2/c1-9-2-7-12-13(8-9)25-16(17-12)19-15(24)18-14(21)10-3-5-11(6-4-10)20(22)23/h2-8H,1H3,(H2,17,18,19,21,24). The minimum absolute atomic E-state index is 0.0815. The SMILES string of the molecule is Cc1ccc2nc(NC(=S)NC(=O)c3ccc([N+](=O)[O-])cc3)sc2c1. The van der Waals surface area contributed by atoms with Gasteiger partial charge in [0.1, 0.15) is 0 Å². The summed E-state index contributed by atoms with van der Waals surface area (Å²) >= 11 is 6.56. The Hall–Kier alpha value is -2.91. The van der Waals surface area contributed by atoms with Crippen LogP contribution in [0.15, 0.2) is 42.5 Å². The van der Waals surface area contributed by atoms with Crippen LogP contribution in [0, 0.1) is 17.0 Å². The number of nitro groups is 1. The highest BCUT2D eigenvalue weighted by Crippen LogP contribution is 2.26. The predicted molar refractivity (Wildman–Crippen MR) is 101 cm³/mol. The molecule has 3 rings (SSSR count). The highest BCUT2D eigenvalue weighted by Gasteiger charge is 2.12. The van der Waals surface area contributed by atoms with Gasteiger partial charge in [0.2, 0.25) is 0 Å². The highest BCUT2D eigenvalue weighted by molar-refractivity contribution is 7.80. The molecule has 2 aromatic carbocycles. The zero-order valence-electron chi connectivity index (χ0n) is 13.0. The fraction of sp³-hybridized carbons (Fsp3) is 0.0625. The molecule has 0 atom stereocenters. The molecule has 9 heteroatoms. The number of nitrogens with zero attached hydrogens (tertiary/aromatic N) is 2. The average Bonchev–Trinajstić information content (AvgIpc) is 2.95. The van der Waals surface area contributed by atoms with E-state index in [-0.39, 0.29) is 16.4 Å². The number of aryl methyl sites for hydroxylation is 1. The van der Waals surface area contributed by atoms with Gasteiger partial charge in [-0.2, -0.15) is 0 Å². The maximum atomic E-state index is 12.1. The van der Waals surface area contributed by atoms with Crippen LogP contribution < -0.4 is 10.6 Å². The molecule has 1 aromatic heterocycles. The lowest BCUT2D eigenvalue weighted by atomic mass is 10.2. The number of fused-ring (bicyclic) bond motifs is 1. The molecule has 126 valence electrons. The molecule has 7 nitrogen and oxygen atoms in total. The van der Waals surface area contributed by atoms with Crippen LogP contribution in [0.5, 0.6) is 0 Å². The van der Waals surface area contributed by atoms with Gasteiger partial charge in [0.05, 0.1) is 15.1 Å². The van der Waals surface area contributed by atoms with Gasteiger partial charge in [-0.1, -0.05) is 17.4 Å². The summed E-state index contributed by atoms with van der Waals surface area (Å²) in [4.78, 5) is 26.6. The topological polar surface area (TPSA) is 97.2 Å². The summed E-state index contributed by atoms with van der Waals surface area (Å²) in [7, 11) is 0. The second kappa shape index (κ2) is 6.91. The summed E-state index contributed by atoms with van der Waals surface area (Å²) in [5, 5.41) is 16.7. The van der Waals surface area contributed by atoms with Crippen LogP contribution in [0.1, 0.15) is 15.9 Å². The third kappa shape index (κ3) is 3.95. The number of nitro benzene ring substituents is 1. The van der Waals surface area contributed by atoms with Gasteiger partial charge in [-0.15, -0.1) is 0 Å². The lowest BCUT2D eigenvalue weighted by Gasteiger charge is -2.06. The molecule has 3 aromatic rings. The van der Waals surface area contributed by atoms with Crippen LogP contribution in [0.3, 0.4) is 0 Å². The van der Waals surface area contributed by atoms with Gasteiger partial charge in [0.15, 0.2) is 10.2 Å². The van der Waals surface area contributed by atoms with Crippen molar-refractivity contribution in [3.63, 3.8) is 0 Å². The van der Waals surface area contributed by atoms with E-state index < -0.39 is 10.8 Å². The molecule has 2 N–H and O–H groups in total. The van der Waals surface area contributed by atoms with Gasteiger partial charge >= 0.3 is 0 Å². The van der Waals surface area contributed by atoms with Crippen molar-refractivity contribution < 1.29 is 9.72 Å². The minimum Gasteiger partial charge on any atom is -0.308 e. The highest BCUT2D eigenvalue weighted by atomic mass is 32.1. The number of amides is 1. The van der Waals surface area contributed by atoms with E-state index >= 15 is 0 Å². The Morgan fingerprint density at radius 3 is 2.64 bits per heavy atom. The van der Waals surface area contributed by atoms with Crippen molar-refractivity contribution in [1.82, 2.24) is 10.3 Å². The number of carbonyl (C=O) groups is 1. The van der Waals surface area contributed by atoms with Gasteiger partial charge < -0.3 is 5.32 Å². The predicted octanol–water partition coefficient (Wildman–Crippen LogP) is 3.64. The van der Waals surface area contributed by atoms with Crippen molar-refractivity contribution in [1.29, 1.82) is 0 Å². The summed E-state index contributed by atoms with van der Waals surface area (Å²) in [5.41, 5.74) is 2.18. The Balaban J connectivity index is 1.66. The molecule has 0 bridgehead atoms. The maximum absolute atomic E-state index is 12.1. The zero-order chi connectivity index (χ0) is 18.0. The lowest BCUT2D eigenvalue weighted by molar-refractivity contribution is -0.384. The Morgan fingerprint density at radius 2 is 1.96 bits per heavy atom.